The number of benzene rings is 1. The average Bonchev–Trinajstić information content (AvgIpc) is 2.67. The molecule has 1 heterocycles. The van der Waals surface area contributed by atoms with Gasteiger partial charge >= 0.3 is 6.09 Å². The van der Waals surface area contributed by atoms with Crippen molar-refractivity contribution in [3.63, 3.8) is 0 Å². The molecular formula is C20H33N5O3. The largest absolute Gasteiger partial charge is 0.444 e. The van der Waals surface area contributed by atoms with Crippen LogP contribution in [0.15, 0.2) is 29.3 Å². The lowest BCUT2D eigenvalue weighted by Crippen LogP contribution is -2.42. The topological polar surface area (TPSA) is 87.2 Å². The Hall–Kier alpha value is -2.48. The van der Waals surface area contributed by atoms with Crippen molar-refractivity contribution in [2.24, 2.45) is 4.99 Å². The lowest BCUT2D eigenvalue weighted by molar-refractivity contribution is 0.0529. The quantitative estimate of drug-likeness (QED) is 0.389. The van der Waals surface area contributed by atoms with Gasteiger partial charge in [0.2, 0.25) is 0 Å². The number of ether oxygens (including phenoxy) is 2. The Bertz CT molecular complexity index is 651. The normalized spacial score (nSPS) is 15.1. The number of hydrogen-bond acceptors (Lipinski definition) is 5. The minimum Gasteiger partial charge on any atom is -0.444 e. The van der Waals surface area contributed by atoms with Crippen LogP contribution >= 0.6 is 0 Å². The molecular weight excluding hydrogens is 358 g/mol. The fourth-order valence-electron chi connectivity index (χ4n) is 2.83. The van der Waals surface area contributed by atoms with Crippen molar-refractivity contribution in [1.82, 2.24) is 16.0 Å². The van der Waals surface area contributed by atoms with Crippen LogP contribution in [0.1, 0.15) is 26.3 Å². The van der Waals surface area contributed by atoms with Gasteiger partial charge < -0.3 is 30.3 Å². The SMILES string of the molecule is CN=C(NCCNC(=O)OC(C)(C)C)NCc1ccccc1N1CCOCC1. The molecule has 0 unspecified atom stereocenters. The summed E-state index contributed by atoms with van der Waals surface area (Å²) in [5, 5.41) is 9.24. The van der Waals surface area contributed by atoms with E-state index in [0.29, 0.717) is 25.6 Å². The van der Waals surface area contributed by atoms with E-state index in [4.69, 9.17) is 9.47 Å². The predicted molar refractivity (Wildman–Crippen MR) is 112 cm³/mol. The molecule has 1 saturated heterocycles. The zero-order valence-corrected chi connectivity index (χ0v) is 17.4. The molecule has 1 aliphatic heterocycles. The van der Waals surface area contributed by atoms with Crippen molar-refractivity contribution in [2.45, 2.75) is 32.9 Å². The van der Waals surface area contributed by atoms with Crippen LogP contribution in [0, 0.1) is 0 Å². The van der Waals surface area contributed by atoms with Gasteiger partial charge in [0.05, 0.1) is 13.2 Å². The molecule has 0 aromatic heterocycles. The van der Waals surface area contributed by atoms with E-state index in [9.17, 15) is 4.79 Å². The number of nitrogens with zero attached hydrogens (tertiary/aromatic N) is 2. The first-order chi connectivity index (χ1) is 13.4. The summed E-state index contributed by atoms with van der Waals surface area (Å²) in [5.74, 6) is 0.683. The molecule has 0 atom stereocenters. The number of carbonyl (C=O) groups excluding carboxylic acids is 1. The molecule has 8 nitrogen and oxygen atoms in total. The van der Waals surface area contributed by atoms with Crippen LogP contribution in [-0.4, -0.2) is 64.1 Å². The Morgan fingerprint density at radius 2 is 1.82 bits per heavy atom. The molecule has 1 amide bonds. The summed E-state index contributed by atoms with van der Waals surface area (Å²) in [5.41, 5.74) is 1.93. The summed E-state index contributed by atoms with van der Waals surface area (Å²) in [4.78, 5) is 18.2. The van der Waals surface area contributed by atoms with Crippen LogP contribution in [0.4, 0.5) is 10.5 Å². The van der Waals surface area contributed by atoms with E-state index in [2.05, 4.69) is 44.0 Å². The number of aliphatic imine (C=N–C) groups is 1. The number of morpholine rings is 1. The third kappa shape index (κ3) is 7.64. The summed E-state index contributed by atoms with van der Waals surface area (Å²) in [6, 6.07) is 8.37. The second-order valence-electron chi connectivity index (χ2n) is 7.51. The van der Waals surface area contributed by atoms with Crippen molar-refractivity contribution in [2.75, 3.05) is 51.3 Å². The molecule has 0 radical (unpaired) electrons. The van der Waals surface area contributed by atoms with Gasteiger partial charge in [0.15, 0.2) is 5.96 Å². The van der Waals surface area contributed by atoms with E-state index in [1.165, 1.54) is 11.3 Å². The van der Waals surface area contributed by atoms with Gasteiger partial charge in [-0.05, 0) is 32.4 Å². The molecule has 2 rings (SSSR count). The molecule has 0 bridgehead atoms. The van der Waals surface area contributed by atoms with Crippen LogP contribution in [0.3, 0.4) is 0 Å². The van der Waals surface area contributed by atoms with Gasteiger partial charge in [-0.1, -0.05) is 18.2 Å². The van der Waals surface area contributed by atoms with Crippen molar-refractivity contribution < 1.29 is 14.3 Å². The van der Waals surface area contributed by atoms with Gasteiger partial charge in [0, 0.05) is 45.5 Å². The number of guanidine groups is 1. The summed E-state index contributed by atoms with van der Waals surface area (Å²) < 4.78 is 10.7. The first kappa shape index (κ1) is 21.8. The van der Waals surface area contributed by atoms with E-state index in [0.717, 1.165) is 26.3 Å². The highest BCUT2D eigenvalue weighted by molar-refractivity contribution is 5.80. The monoisotopic (exact) mass is 391 g/mol. The first-order valence-electron chi connectivity index (χ1n) is 9.71. The number of carbonyl (C=O) groups is 1. The molecule has 156 valence electrons. The van der Waals surface area contributed by atoms with Gasteiger partial charge in [-0.3, -0.25) is 4.99 Å². The molecule has 0 spiro atoms. The predicted octanol–water partition coefficient (Wildman–Crippen LogP) is 1.71. The maximum atomic E-state index is 11.7. The van der Waals surface area contributed by atoms with Crippen LogP contribution in [0.25, 0.3) is 0 Å². The zero-order chi connectivity index (χ0) is 20.4. The average molecular weight is 392 g/mol. The number of nitrogens with one attached hydrogen (secondary N) is 3. The zero-order valence-electron chi connectivity index (χ0n) is 17.4. The molecule has 8 heteroatoms. The Morgan fingerprint density at radius 1 is 1.14 bits per heavy atom. The van der Waals surface area contributed by atoms with E-state index in [1.807, 2.05) is 26.8 Å². The molecule has 0 saturated carbocycles. The van der Waals surface area contributed by atoms with Crippen LogP contribution in [0.2, 0.25) is 0 Å². The summed E-state index contributed by atoms with van der Waals surface area (Å²) in [6.07, 6.45) is -0.420. The van der Waals surface area contributed by atoms with Gasteiger partial charge in [0.1, 0.15) is 5.60 Å². The number of alkyl carbamates (subject to hydrolysis) is 1. The third-order valence-corrected chi connectivity index (χ3v) is 4.10. The molecule has 0 aliphatic carbocycles. The van der Waals surface area contributed by atoms with Crippen molar-refractivity contribution in [1.29, 1.82) is 0 Å². The summed E-state index contributed by atoms with van der Waals surface area (Å²) >= 11 is 0. The molecule has 1 aliphatic rings. The third-order valence-electron chi connectivity index (χ3n) is 4.10. The van der Waals surface area contributed by atoms with E-state index >= 15 is 0 Å². The molecule has 3 N–H and O–H groups in total. The van der Waals surface area contributed by atoms with Crippen molar-refractivity contribution >= 4 is 17.7 Å². The molecule has 1 aromatic rings. The second-order valence-corrected chi connectivity index (χ2v) is 7.51. The standard InChI is InChI=1S/C20H33N5O3/c1-20(2,3)28-19(26)23-10-9-22-18(21-4)24-15-16-7-5-6-8-17(16)25-11-13-27-14-12-25/h5-8H,9-15H2,1-4H3,(H,23,26)(H2,21,22,24). The lowest BCUT2D eigenvalue weighted by atomic mass is 10.1. The fraction of sp³-hybridized carbons (Fsp3) is 0.600. The minimum atomic E-state index is -0.497. The van der Waals surface area contributed by atoms with Crippen LogP contribution < -0.4 is 20.9 Å². The smallest absolute Gasteiger partial charge is 0.407 e. The highest BCUT2D eigenvalue weighted by Gasteiger charge is 2.16. The van der Waals surface area contributed by atoms with Gasteiger partial charge in [-0.2, -0.15) is 0 Å². The number of para-hydroxylation sites is 1. The van der Waals surface area contributed by atoms with Crippen LogP contribution in [-0.2, 0) is 16.0 Å². The summed E-state index contributed by atoms with van der Waals surface area (Å²) in [6.45, 7) is 10.5. The maximum absolute atomic E-state index is 11.7. The maximum Gasteiger partial charge on any atom is 0.407 e. The van der Waals surface area contributed by atoms with E-state index in [1.54, 1.807) is 7.05 Å². The molecule has 28 heavy (non-hydrogen) atoms. The second kappa shape index (κ2) is 10.8. The minimum absolute atomic E-state index is 0.420. The Labute approximate surface area is 167 Å². The van der Waals surface area contributed by atoms with Gasteiger partial charge in [0.25, 0.3) is 0 Å². The fourth-order valence-corrected chi connectivity index (χ4v) is 2.83. The number of hydrogen-bond donors (Lipinski definition) is 3. The Balaban J connectivity index is 1.77. The first-order valence-corrected chi connectivity index (χ1v) is 9.71. The Morgan fingerprint density at radius 3 is 2.50 bits per heavy atom. The van der Waals surface area contributed by atoms with Crippen molar-refractivity contribution in [3.8, 4) is 0 Å². The van der Waals surface area contributed by atoms with Crippen LogP contribution in [0.5, 0.6) is 0 Å². The van der Waals surface area contributed by atoms with E-state index in [-0.39, 0.29) is 0 Å². The van der Waals surface area contributed by atoms with E-state index < -0.39 is 11.7 Å². The highest BCUT2D eigenvalue weighted by atomic mass is 16.6. The number of rotatable bonds is 6. The number of anilines is 1. The van der Waals surface area contributed by atoms with Crippen molar-refractivity contribution in [3.05, 3.63) is 29.8 Å². The summed E-state index contributed by atoms with van der Waals surface area (Å²) in [7, 11) is 1.73. The molecule has 1 fully saturated rings. The van der Waals surface area contributed by atoms with Gasteiger partial charge in [-0.15, -0.1) is 0 Å². The highest BCUT2D eigenvalue weighted by Crippen LogP contribution is 2.21. The molecule has 1 aromatic carbocycles. The number of amides is 1. The lowest BCUT2D eigenvalue weighted by Gasteiger charge is -2.30. The van der Waals surface area contributed by atoms with Gasteiger partial charge in [-0.25, -0.2) is 4.79 Å². The Kier molecular flexibility index (Phi) is 8.38.